The van der Waals surface area contributed by atoms with Crippen LogP contribution in [0.2, 0.25) is 0 Å². The predicted octanol–water partition coefficient (Wildman–Crippen LogP) is 2.31. The van der Waals surface area contributed by atoms with Crippen LogP contribution in [0.15, 0.2) is 29.6 Å². The van der Waals surface area contributed by atoms with Crippen LogP contribution in [0, 0.1) is 0 Å². The van der Waals surface area contributed by atoms with E-state index in [0.29, 0.717) is 22.2 Å². The number of carbonyl (C=O) groups excluding carboxylic acids is 3. The summed E-state index contributed by atoms with van der Waals surface area (Å²) in [7, 11) is 1.66. The molecule has 1 aromatic heterocycles. The van der Waals surface area contributed by atoms with E-state index in [1.54, 1.807) is 39.1 Å². The van der Waals surface area contributed by atoms with Crippen LogP contribution < -0.4 is 9.64 Å². The molecule has 142 valence electrons. The smallest absolute Gasteiger partial charge is 0.356 e. The molecule has 3 rings (SSSR count). The van der Waals surface area contributed by atoms with Crippen LogP contribution in [0.25, 0.3) is 0 Å². The van der Waals surface area contributed by atoms with Crippen LogP contribution in [0.5, 0.6) is 5.75 Å². The predicted molar refractivity (Wildman–Crippen MR) is 99.5 cm³/mol. The average molecular weight is 389 g/mol. The van der Waals surface area contributed by atoms with Crippen molar-refractivity contribution in [2.24, 2.45) is 0 Å². The van der Waals surface area contributed by atoms with Crippen molar-refractivity contribution in [3.05, 3.63) is 35.7 Å². The SMILES string of the molecule is CCOC(=O)c1cnc(SCC(=O)c2ccc3c(c2)N(C)C(=O)C(C)O3)[nH]1. The number of anilines is 1. The first-order valence-corrected chi connectivity index (χ1v) is 9.35. The zero-order valence-electron chi connectivity index (χ0n) is 15.1. The van der Waals surface area contributed by atoms with Crippen molar-refractivity contribution in [1.29, 1.82) is 0 Å². The van der Waals surface area contributed by atoms with Gasteiger partial charge in [0, 0.05) is 12.6 Å². The fourth-order valence-corrected chi connectivity index (χ4v) is 3.33. The minimum absolute atomic E-state index is 0.128. The van der Waals surface area contributed by atoms with E-state index in [-0.39, 0.29) is 29.7 Å². The maximum Gasteiger partial charge on any atom is 0.356 e. The van der Waals surface area contributed by atoms with Crippen molar-refractivity contribution < 1.29 is 23.9 Å². The molecule has 1 aliphatic rings. The average Bonchev–Trinajstić information content (AvgIpc) is 3.13. The third-order valence-electron chi connectivity index (χ3n) is 4.01. The summed E-state index contributed by atoms with van der Waals surface area (Å²) in [5.41, 5.74) is 1.28. The number of benzene rings is 1. The number of ketones is 1. The fourth-order valence-electron chi connectivity index (χ4n) is 2.59. The number of H-pyrrole nitrogens is 1. The minimum Gasteiger partial charge on any atom is -0.479 e. The molecule has 0 spiro atoms. The van der Waals surface area contributed by atoms with Crippen LogP contribution >= 0.6 is 11.8 Å². The number of imidazole rings is 1. The number of likely N-dealkylation sites (N-methyl/N-ethyl adjacent to an activating group) is 1. The zero-order valence-corrected chi connectivity index (χ0v) is 16.0. The van der Waals surface area contributed by atoms with Gasteiger partial charge in [-0.25, -0.2) is 9.78 Å². The number of hydrogen-bond donors (Lipinski definition) is 1. The topological polar surface area (TPSA) is 102 Å². The maximum atomic E-state index is 12.5. The first-order chi connectivity index (χ1) is 12.9. The lowest BCUT2D eigenvalue weighted by atomic mass is 10.1. The first-order valence-electron chi connectivity index (χ1n) is 8.37. The summed E-state index contributed by atoms with van der Waals surface area (Å²) in [4.78, 5) is 44.6. The van der Waals surface area contributed by atoms with Crippen molar-refractivity contribution >= 4 is 35.1 Å². The summed E-state index contributed by atoms with van der Waals surface area (Å²) in [6, 6.07) is 5.01. The Labute approximate surface area is 160 Å². The van der Waals surface area contributed by atoms with Gasteiger partial charge in [-0.1, -0.05) is 11.8 Å². The number of esters is 1. The molecular weight excluding hydrogens is 370 g/mol. The Morgan fingerprint density at radius 2 is 2.19 bits per heavy atom. The molecule has 0 saturated heterocycles. The Morgan fingerprint density at radius 1 is 1.41 bits per heavy atom. The molecule has 1 atom stereocenters. The molecule has 1 N–H and O–H groups in total. The summed E-state index contributed by atoms with van der Waals surface area (Å²) >= 11 is 1.18. The maximum absolute atomic E-state index is 12.5. The number of amides is 1. The fraction of sp³-hybridized carbons (Fsp3) is 0.333. The van der Waals surface area contributed by atoms with Gasteiger partial charge in [0.15, 0.2) is 17.0 Å². The molecule has 1 aromatic carbocycles. The standard InChI is InChI=1S/C18H19N3O5S/c1-4-25-17(24)12-8-19-18(20-12)27-9-14(22)11-5-6-15-13(7-11)21(3)16(23)10(2)26-15/h5-8,10H,4,9H2,1-3H3,(H,19,20). The number of aromatic amines is 1. The normalized spacial score (nSPS) is 15.9. The van der Waals surface area contributed by atoms with Crippen molar-refractivity contribution in [3.63, 3.8) is 0 Å². The number of thioether (sulfide) groups is 1. The van der Waals surface area contributed by atoms with Gasteiger partial charge in [-0.3, -0.25) is 9.59 Å². The van der Waals surface area contributed by atoms with Gasteiger partial charge >= 0.3 is 5.97 Å². The molecule has 1 amide bonds. The van der Waals surface area contributed by atoms with E-state index < -0.39 is 12.1 Å². The van der Waals surface area contributed by atoms with E-state index in [1.807, 2.05) is 0 Å². The largest absolute Gasteiger partial charge is 0.479 e. The summed E-state index contributed by atoms with van der Waals surface area (Å²) < 4.78 is 10.4. The zero-order chi connectivity index (χ0) is 19.6. The second kappa shape index (κ2) is 7.83. The highest BCUT2D eigenvalue weighted by atomic mass is 32.2. The number of Topliss-reactive ketones (excluding diaryl/α,β-unsaturated/α-hetero) is 1. The summed E-state index contributed by atoms with van der Waals surface area (Å²) in [6.07, 6.45) is 0.829. The molecular formula is C18H19N3O5S. The first kappa shape index (κ1) is 19.0. The Morgan fingerprint density at radius 3 is 2.93 bits per heavy atom. The van der Waals surface area contributed by atoms with Gasteiger partial charge in [0.05, 0.1) is 24.2 Å². The molecule has 0 saturated carbocycles. The number of ether oxygens (including phenoxy) is 2. The van der Waals surface area contributed by atoms with Gasteiger partial charge in [-0.15, -0.1) is 0 Å². The molecule has 27 heavy (non-hydrogen) atoms. The third kappa shape index (κ3) is 3.97. The molecule has 2 heterocycles. The van der Waals surface area contributed by atoms with Crippen LogP contribution in [0.4, 0.5) is 5.69 Å². The monoisotopic (exact) mass is 389 g/mol. The summed E-state index contributed by atoms with van der Waals surface area (Å²) in [5.74, 6) is -0.0812. The lowest BCUT2D eigenvalue weighted by Gasteiger charge is -2.30. The van der Waals surface area contributed by atoms with Crippen LogP contribution in [0.1, 0.15) is 34.7 Å². The number of nitrogens with zero attached hydrogens (tertiary/aromatic N) is 2. The van der Waals surface area contributed by atoms with E-state index in [4.69, 9.17) is 9.47 Å². The molecule has 0 aliphatic carbocycles. The van der Waals surface area contributed by atoms with E-state index >= 15 is 0 Å². The number of rotatable bonds is 6. The second-order valence-electron chi connectivity index (χ2n) is 5.87. The van der Waals surface area contributed by atoms with Gasteiger partial charge in [0.2, 0.25) is 0 Å². The van der Waals surface area contributed by atoms with E-state index in [0.717, 1.165) is 0 Å². The number of aromatic nitrogens is 2. The third-order valence-corrected chi connectivity index (χ3v) is 4.90. The molecule has 1 unspecified atom stereocenters. The van der Waals surface area contributed by atoms with E-state index in [2.05, 4.69) is 9.97 Å². The Balaban J connectivity index is 1.67. The van der Waals surface area contributed by atoms with E-state index in [9.17, 15) is 14.4 Å². The van der Waals surface area contributed by atoms with Crippen molar-refractivity contribution in [3.8, 4) is 5.75 Å². The highest BCUT2D eigenvalue weighted by molar-refractivity contribution is 7.99. The lowest BCUT2D eigenvalue weighted by Crippen LogP contribution is -2.42. The van der Waals surface area contributed by atoms with Crippen molar-refractivity contribution in [1.82, 2.24) is 9.97 Å². The Kier molecular flexibility index (Phi) is 5.50. The molecule has 1 aliphatic heterocycles. The number of carbonyl (C=O) groups is 3. The molecule has 2 aromatic rings. The molecule has 0 fully saturated rings. The highest BCUT2D eigenvalue weighted by Crippen LogP contribution is 2.34. The van der Waals surface area contributed by atoms with E-state index in [1.165, 1.54) is 22.9 Å². The summed E-state index contributed by atoms with van der Waals surface area (Å²) in [6.45, 7) is 3.68. The van der Waals surface area contributed by atoms with Crippen LogP contribution in [0.3, 0.4) is 0 Å². The van der Waals surface area contributed by atoms with Crippen molar-refractivity contribution in [2.45, 2.75) is 25.1 Å². The van der Waals surface area contributed by atoms with Crippen LogP contribution in [-0.4, -0.2) is 53.1 Å². The molecule has 9 heteroatoms. The molecule has 0 bridgehead atoms. The number of hydrogen-bond acceptors (Lipinski definition) is 7. The number of nitrogens with one attached hydrogen (secondary N) is 1. The molecule has 8 nitrogen and oxygen atoms in total. The van der Waals surface area contributed by atoms with Crippen LogP contribution in [-0.2, 0) is 9.53 Å². The second-order valence-corrected chi connectivity index (χ2v) is 6.84. The summed E-state index contributed by atoms with van der Waals surface area (Å²) in [5, 5.41) is 0.453. The number of fused-ring (bicyclic) bond motifs is 1. The highest BCUT2D eigenvalue weighted by Gasteiger charge is 2.29. The van der Waals surface area contributed by atoms with Gasteiger partial charge in [0.25, 0.3) is 5.91 Å². The Hall–Kier alpha value is -2.81. The minimum atomic E-state index is -0.549. The Bertz CT molecular complexity index is 895. The van der Waals surface area contributed by atoms with Gasteiger partial charge in [0.1, 0.15) is 11.4 Å². The quantitative estimate of drug-likeness (QED) is 0.459. The van der Waals surface area contributed by atoms with Gasteiger partial charge < -0.3 is 19.4 Å². The lowest BCUT2D eigenvalue weighted by molar-refractivity contribution is -0.125. The van der Waals surface area contributed by atoms with Gasteiger partial charge in [-0.05, 0) is 32.0 Å². The molecule has 0 radical (unpaired) electrons. The van der Waals surface area contributed by atoms with Crippen molar-refractivity contribution in [2.75, 3.05) is 24.3 Å². The van der Waals surface area contributed by atoms with Gasteiger partial charge in [-0.2, -0.15) is 0 Å².